The molecule has 0 N–H and O–H groups in total. The average molecular weight is 375 g/mol. The lowest BCUT2D eigenvalue weighted by Crippen LogP contribution is -2.15. The molecule has 0 fully saturated rings. The van der Waals surface area contributed by atoms with E-state index in [0.717, 1.165) is 5.76 Å². The van der Waals surface area contributed by atoms with Crippen LogP contribution < -0.4 is 5.56 Å². The number of hydrogen-bond donors (Lipinski definition) is 0. The van der Waals surface area contributed by atoms with Crippen LogP contribution in [0.4, 0.5) is 0 Å². The van der Waals surface area contributed by atoms with Crippen molar-refractivity contribution < 1.29 is 4.42 Å². The highest BCUT2D eigenvalue weighted by Crippen LogP contribution is 2.20. The second-order valence-corrected chi connectivity index (χ2v) is 6.53. The summed E-state index contributed by atoms with van der Waals surface area (Å²) in [6.45, 7) is 0.439. The molecule has 0 aliphatic heterocycles. The highest BCUT2D eigenvalue weighted by Gasteiger charge is 2.11. The van der Waals surface area contributed by atoms with E-state index in [-0.39, 0.29) is 5.56 Å². The first-order valence-corrected chi connectivity index (χ1v) is 8.64. The van der Waals surface area contributed by atoms with Gasteiger partial charge in [0.2, 0.25) is 5.16 Å². The first-order chi connectivity index (χ1) is 12.2. The van der Waals surface area contributed by atoms with E-state index in [9.17, 15) is 4.79 Å². The Morgan fingerprint density at radius 3 is 3.04 bits per heavy atom. The third-order valence-electron chi connectivity index (χ3n) is 3.41. The van der Waals surface area contributed by atoms with Crippen LogP contribution >= 0.6 is 23.4 Å². The normalized spacial score (nSPS) is 11.2. The van der Waals surface area contributed by atoms with Crippen molar-refractivity contribution in [3.8, 4) is 0 Å². The van der Waals surface area contributed by atoms with E-state index in [1.807, 2.05) is 12.1 Å². The van der Waals surface area contributed by atoms with Gasteiger partial charge in [-0.2, -0.15) is 0 Å². The molecule has 0 aliphatic rings. The largest absolute Gasteiger partial charge is 0.467 e. The number of thioether (sulfide) groups is 1. The van der Waals surface area contributed by atoms with Crippen molar-refractivity contribution in [2.75, 3.05) is 0 Å². The summed E-state index contributed by atoms with van der Waals surface area (Å²) in [5.41, 5.74) is 1.01. The van der Waals surface area contributed by atoms with Crippen molar-refractivity contribution in [1.82, 2.24) is 29.6 Å². The van der Waals surface area contributed by atoms with Gasteiger partial charge >= 0.3 is 0 Å². The monoisotopic (exact) mass is 374 g/mol. The molecule has 4 heterocycles. The van der Waals surface area contributed by atoms with Crippen molar-refractivity contribution in [1.29, 1.82) is 0 Å². The Morgan fingerprint density at radius 1 is 1.28 bits per heavy atom. The van der Waals surface area contributed by atoms with Crippen molar-refractivity contribution in [3.63, 3.8) is 0 Å². The molecule has 4 rings (SSSR count). The summed E-state index contributed by atoms with van der Waals surface area (Å²) >= 11 is 7.31. The zero-order chi connectivity index (χ0) is 17.2. The topological polar surface area (TPSA) is 91.1 Å². The van der Waals surface area contributed by atoms with E-state index in [1.165, 1.54) is 22.2 Å². The minimum absolute atomic E-state index is 0.182. The molecule has 0 radical (unpaired) electrons. The number of hydrogen-bond acceptors (Lipinski definition) is 7. The summed E-state index contributed by atoms with van der Waals surface area (Å²) in [7, 11) is 0. The second kappa shape index (κ2) is 6.69. The standard InChI is InChI=1S/C15H11ClN6O2S/c16-10-3-4-13-17-11(6-14(23)21(13)7-10)9-25-15-18-19-20-22(15)8-12-2-1-5-24-12/h1-7H,8-9H2. The molecule has 0 amide bonds. The highest BCUT2D eigenvalue weighted by molar-refractivity contribution is 7.98. The fourth-order valence-electron chi connectivity index (χ4n) is 2.29. The molecule has 10 heteroatoms. The molecule has 8 nitrogen and oxygen atoms in total. The predicted octanol–water partition coefficient (Wildman–Crippen LogP) is 2.27. The molecule has 0 aliphatic carbocycles. The number of aromatic nitrogens is 6. The van der Waals surface area contributed by atoms with E-state index in [2.05, 4.69) is 20.5 Å². The molecule has 0 saturated carbocycles. The molecule has 0 unspecified atom stereocenters. The number of furan rings is 1. The fourth-order valence-corrected chi connectivity index (χ4v) is 3.22. The van der Waals surface area contributed by atoms with Gasteiger partial charge in [-0.3, -0.25) is 9.20 Å². The molecule has 0 aromatic carbocycles. The van der Waals surface area contributed by atoms with Gasteiger partial charge in [0.25, 0.3) is 5.56 Å². The van der Waals surface area contributed by atoms with Gasteiger partial charge in [0.1, 0.15) is 18.0 Å². The van der Waals surface area contributed by atoms with Crippen LogP contribution in [0.1, 0.15) is 11.5 Å². The van der Waals surface area contributed by atoms with Gasteiger partial charge in [0.15, 0.2) is 0 Å². The predicted molar refractivity (Wildman–Crippen MR) is 91.7 cm³/mol. The fraction of sp³-hybridized carbons (Fsp3) is 0.133. The van der Waals surface area contributed by atoms with Crippen LogP contribution in [-0.2, 0) is 12.3 Å². The quantitative estimate of drug-likeness (QED) is 0.495. The summed E-state index contributed by atoms with van der Waals surface area (Å²) in [5.74, 6) is 1.22. The van der Waals surface area contributed by atoms with Gasteiger partial charge in [-0.05, 0) is 34.7 Å². The maximum Gasteiger partial charge on any atom is 0.258 e. The van der Waals surface area contributed by atoms with Crippen LogP contribution in [0.15, 0.2) is 57.2 Å². The van der Waals surface area contributed by atoms with Gasteiger partial charge in [-0.25, -0.2) is 9.67 Å². The van der Waals surface area contributed by atoms with Crippen molar-refractivity contribution >= 4 is 29.0 Å². The van der Waals surface area contributed by atoms with Crippen LogP contribution in [0, 0.1) is 0 Å². The molecule has 4 aromatic rings. The Balaban J connectivity index is 1.54. The van der Waals surface area contributed by atoms with Crippen LogP contribution in [0.3, 0.4) is 0 Å². The average Bonchev–Trinajstić information content (AvgIpc) is 3.26. The number of rotatable bonds is 5. The van der Waals surface area contributed by atoms with Crippen molar-refractivity contribution in [2.24, 2.45) is 0 Å². The number of pyridine rings is 1. The number of halogens is 1. The maximum atomic E-state index is 12.2. The Bertz CT molecular complexity index is 1080. The number of nitrogens with zero attached hydrogens (tertiary/aromatic N) is 6. The molecular weight excluding hydrogens is 364 g/mol. The summed E-state index contributed by atoms with van der Waals surface area (Å²) in [6, 6.07) is 8.55. The van der Waals surface area contributed by atoms with Gasteiger partial charge in [0.05, 0.1) is 17.0 Å². The zero-order valence-electron chi connectivity index (χ0n) is 12.7. The Morgan fingerprint density at radius 2 is 2.20 bits per heavy atom. The molecule has 25 heavy (non-hydrogen) atoms. The first-order valence-electron chi connectivity index (χ1n) is 7.28. The van der Waals surface area contributed by atoms with Crippen LogP contribution in [0.25, 0.3) is 5.65 Å². The van der Waals surface area contributed by atoms with E-state index in [0.29, 0.717) is 33.8 Å². The van der Waals surface area contributed by atoms with Gasteiger partial charge in [-0.1, -0.05) is 23.4 Å². The minimum Gasteiger partial charge on any atom is -0.467 e. The Hall–Kier alpha value is -2.65. The van der Waals surface area contributed by atoms with E-state index >= 15 is 0 Å². The van der Waals surface area contributed by atoms with Gasteiger partial charge in [-0.15, -0.1) is 5.10 Å². The molecular formula is C15H11ClN6O2S. The smallest absolute Gasteiger partial charge is 0.258 e. The Labute approximate surface area is 150 Å². The Kier molecular flexibility index (Phi) is 4.24. The zero-order valence-corrected chi connectivity index (χ0v) is 14.3. The lowest BCUT2D eigenvalue weighted by atomic mass is 10.4. The lowest BCUT2D eigenvalue weighted by Gasteiger charge is -2.05. The second-order valence-electron chi connectivity index (χ2n) is 5.15. The molecule has 0 bridgehead atoms. The first kappa shape index (κ1) is 15.9. The van der Waals surface area contributed by atoms with E-state index in [1.54, 1.807) is 29.3 Å². The molecule has 0 spiro atoms. The molecule has 0 atom stereocenters. The maximum absolute atomic E-state index is 12.2. The summed E-state index contributed by atoms with van der Waals surface area (Å²) in [5, 5.41) is 12.8. The third-order valence-corrected chi connectivity index (χ3v) is 4.62. The number of fused-ring (bicyclic) bond motifs is 1. The van der Waals surface area contributed by atoms with Gasteiger partial charge in [0, 0.05) is 18.0 Å². The van der Waals surface area contributed by atoms with Crippen LogP contribution in [0.5, 0.6) is 0 Å². The summed E-state index contributed by atoms with van der Waals surface area (Å²) in [6.07, 6.45) is 3.15. The minimum atomic E-state index is -0.182. The molecule has 4 aromatic heterocycles. The van der Waals surface area contributed by atoms with E-state index in [4.69, 9.17) is 16.0 Å². The van der Waals surface area contributed by atoms with E-state index < -0.39 is 0 Å². The number of tetrazole rings is 1. The van der Waals surface area contributed by atoms with Crippen molar-refractivity contribution in [3.05, 3.63) is 69.6 Å². The lowest BCUT2D eigenvalue weighted by molar-refractivity contribution is 0.462. The third kappa shape index (κ3) is 3.42. The SMILES string of the molecule is O=c1cc(CSc2nnnn2Cc2ccco2)nc2ccc(Cl)cn12. The van der Waals surface area contributed by atoms with Crippen LogP contribution in [0.2, 0.25) is 5.02 Å². The summed E-state index contributed by atoms with van der Waals surface area (Å²) < 4.78 is 8.36. The van der Waals surface area contributed by atoms with Crippen molar-refractivity contribution in [2.45, 2.75) is 17.5 Å². The van der Waals surface area contributed by atoms with Crippen LogP contribution in [-0.4, -0.2) is 29.6 Å². The molecule has 0 saturated heterocycles. The summed E-state index contributed by atoms with van der Waals surface area (Å²) in [4.78, 5) is 16.7. The van der Waals surface area contributed by atoms with Gasteiger partial charge < -0.3 is 4.42 Å². The highest BCUT2D eigenvalue weighted by atomic mass is 35.5. The molecule has 126 valence electrons.